The van der Waals surface area contributed by atoms with Gasteiger partial charge in [-0.2, -0.15) is 5.10 Å². The van der Waals surface area contributed by atoms with E-state index < -0.39 is 0 Å². The van der Waals surface area contributed by atoms with Crippen LogP contribution >= 0.6 is 22.9 Å². The molecule has 2 aromatic heterocycles. The van der Waals surface area contributed by atoms with Crippen LogP contribution in [-0.4, -0.2) is 36.1 Å². The van der Waals surface area contributed by atoms with Crippen LogP contribution in [0, 0.1) is 0 Å². The van der Waals surface area contributed by atoms with Gasteiger partial charge in [0.2, 0.25) is 0 Å². The molecule has 5 nitrogen and oxygen atoms in total. The van der Waals surface area contributed by atoms with Crippen LogP contribution in [0.2, 0.25) is 4.34 Å². The van der Waals surface area contributed by atoms with Crippen LogP contribution in [0.4, 0.5) is 0 Å². The van der Waals surface area contributed by atoms with Crippen molar-refractivity contribution < 1.29 is 9.47 Å². The maximum atomic E-state index is 6.45. The Balaban J connectivity index is 1.42. The van der Waals surface area contributed by atoms with Gasteiger partial charge in [0.15, 0.2) is 0 Å². The summed E-state index contributed by atoms with van der Waals surface area (Å²) in [6.07, 6.45) is 4.97. The highest BCUT2D eigenvalue weighted by molar-refractivity contribution is 7.16. The van der Waals surface area contributed by atoms with E-state index in [2.05, 4.69) is 34.6 Å². The Morgan fingerprint density at radius 1 is 1.22 bits per heavy atom. The molecule has 2 fully saturated rings. The molecule has 3 unspecified atom stereocenters. The van der Waals surface area contributed by atoms with Crippen LogP contribution in [-0.2, 0) is 21.5 Å². The number of ether oxygens (including phenoxy) is 2. The highest BCUT2D eigenvalue weighted by Crippen LogP contribution is 2.50. The second-order valence-electron chi connectivity index (χ2n) is 8.16. The number of halogens is 1. The van der Waals surface area contributed by atoms with E-state index in [1.54, 1.807) is 11.3 Å². The third-order valence-corrected chi connectivity index (χ3v) is 7.72. The van der Waals surface area contributed by atoms with Crippen molar-refractivity contribution in [3.63, 3.8) is 0 Å². The van der Waals surface area contributed by atoms with Gasteiger partial charge in [-0.25, -0.2) is 0 Å². The molecule has 146 valence electrons. The van der Waals surface area contributed by atoms with Crippen molar-refractivity contribution in [1.29, 1.82) is 0 Å². The van der Waals surface area contributed by atoms with Gasteiger partial charge < -0.3 is 14.8 Å². The molecule has 0 bridgehead atoms. The van der Waals surface area contributed by atoms with Crippen LogP contribution in [0.15, 0.2) is 12.1 Å². The first-order valence-electron chi connectivity index (χ1n) is 9.94. The molecule has 3 aliphatic heterocycles. The Morgan fingerprint density at radius 3 is 2.93 bits per heavy atom. The fourth-order valence-electron chi connectivity index (χ4n) is 4.99. The van der Waals surface area contributed by atoms with Gasteiger partial charge in [0.05, 0.1) is 28.4 Å². The van der Waals surface area contributed by atoms with E-state index in [0.29, 0.717) is 12.0 Å². The fourth-order valence-corrected chi connectivity index (χ4v) is 6.46. The zero-order valence-corrected chi connectivity index (χ0v) is 17.2. The van der Waals surface area contributed by atoms with Gasteiger partial charge in [0.1, 0.15) is 5.60 Å². The lowest BCUT2D eigenvalue weighted by Gasteiger charge is -2.45. The number of piperidine rings is 1. The maximum Gasteiger partial charge on any atom is 0.106 e. The molecule has 0 aromatic carbocycles. The Hall–Kier alpha value is -0.920. The van der Waals surface area contributed by atoms with Crippen molar-refractivity contribution in [3.8, 4) is 0 Å². The molecule has 0 radical (unpaired) electrons. The number of H-pyrrole nitrogens is 1. The zero-order valence-electron chi connectivity index (χ0n) is 15.6. The zero-order chi connectivity index (χ0) is 18.4. The summed E-state index contributed by atoms with van der Waals surface area (Å²) in [5.74, 6) is 0.507. The molecule has 0 saturated carbocycles. The van der Waals surface area contributed by atoms with E-state index in [1.165, 1.54) is 21.8 Å². The third kappa shape index (κ3) is 3.36. The molecule has 5 heterocycles. The highest BCUT2D eigenvalue weighted by Gasteiger charge is 2.46. The summed E-state index contributed by atoms with van der Waals surface area (Å²) >= 11 is 8.05. The SMILES string of the molecule is CC1CC2(CC(c3cc(C4CCOCC4)n[nH]3)N1)OCCc1cc(Cl)sc12. The van der Waals surface area contributed by atoms with Gasteiger partial charge in [0.25, 0.3) is 0 Å². The summed E-state index contributed by atoms with van der Waals surface area (Å²) < 4.78 is 12.8. The predicted molar refractivity (Wildman–Crippen MR) is 107 cm³/mol. The number of aromatic amines is 1. The standard InChI is InChI=1S/C20H26ClN3O2S/c1-12-10-20(19-14(4-7-26-20)8-18(21)27-19)11-17(22-12)16-9-15(23-24-16)13-2-5-25-6-3-13/h8-9,12-13,17,22H,2-7,10-11H2,1H3,(H,23,24). The van der Waals surface area contributed by atoms with Gasteiger partial charge in [-0.3, -0.25) is 5.10 Å². The first-order valence-corrected chi connectivity index (χ1v) is 11.1. The lowest BCUT2D eigenvalue weighted by molar-refractivity contribution is -0.0957. The minimum Gasteiger partial charge on any atom is -0.381 e. The molecule has 0 aliphatic carbocycles. The lowest BCUT2D eigenvalue weighted by Crippen LogP contribution is -2.49. The van der Waals surface area contributed by atoms with Crippen molar-refractivity contribution >= 4 is 22.9 Å². The number of fused-ring (bicyclic) bond motifs is 2. The average Bonchev–Trinajstić information content (AvgIpc) is 3.29. The summed E-state index contributed by atoms with van der Waals surface area (Å²) in [5.41, 5.74) is 3.48. The van der Waals surface area contributed by atoms with E-state index in [0.717, 1.165) is 56.3 Å². The van der Waals surface area contributed by atoms with Gasteiger partial charge in [-0.1, -0.05) is 11.6 Å². The Bertz CT molecular complexity index is 816. The summed E-state index contributed by atoms with van der Waals surface area (Å²) in [6, 6.07) is 4.96. The number of thiophene rings is 1. The number of hydrogen-bond acceptors (Lipinski definition) is 5. The molecule has 3 atom stereocenters. The number of nitrogens with zero attached hydrogens (tertiary/aromatic N) is 1. The van der Waals surface area contributed by atoms with Crippen LogP contribution in [0.3, 0.4) is 0 Å². The molecule has 2 saturated heterocycles. The topological polar surface area (TPSA) is 59.2 Å². The van der Waals surface area contributed by atoms with Gasteiger partial charge in [-0.05, 0) is 50.3 Å². The summed E-state index contributed by atoms with van der Waals surface area (Å²) in [7, 11) is 0. The van der Waals surface area contributed by atoms with E-state index in [4.69, 9.17) is 21.1 Å². The largest absolute Gasteiger partial charge is 0.381 e. The lowest BCUT2D eigenvalue weighted by atomic mass is 9.79. The number of hydrogen-bond donors (Lipinski definition) is 2. The molecule has 7 heteroatoms. The summed E-state index contributed by atoms with van der Waals surface area (Å²) in [5, 5.41) is 11.7. The monoisotopic (exact) mass is 407 g/mol. The summed E-state index contributed by atoms with van der Waals surface area (Å²) in [4.78, 5) is 1.33. The van der Waals surface area contributed by atoms with Gasteiger partial charge in [-0.15, -0.1) is 11.3 Å². The average molecular weight is 408 g/mol. The fraction of sp³-hybridized carbons (Fsp3) is 0.650. The first kappa shape index (κ1) is 18.1. The number of nitrogens with one attached hydrogen (secondary N) is 2. The van der Waals surface area contributed by atoms with E-state index in [1.807, 2.05) is 0 Å². The molecule has 2 N–H and O–H groups in total. The predicted octanol–water partition coefficient (Wildman–Crippen LogP) is 4.30. The molecule has 5 rings (SSSR count). The summed E-state index contributed by atoms with van der Waals surface area (Å²) in [6.45, 7) is 4.70. The van der Waals surface area contributed by atoms with Crippen LogP contribution in [0.25, 0.3) is 0 Å². The molecule has 1 spiro atoms. The van der Waals surface area contributed by atoms with Crippen molar-refractivity contribution in [1.82, 2.24) is 15.5 Å². The molecule has 2 aromatic rings. The minimum atomic E-state index is -0.231. The molecular formula is C20H26ClN3O2S. The van der Waals surface area contributed by atoms with E-state index in [9.17, 15) is 0 Å². The quantitative estimate of drug-likeness (QED) is 0.779. The second kappa shape index (κ2) is 7.16. The van der Waals surface area contributed by atoms with E-state index in [-0.39, 0.29) is 11.6 Å². The Labute approximate surface area is 168 Å². The van der Waals surface area contributed by atoms with Gasteiger partial charge >= 0.3 is 0 Å². The maximum absolute atomic E-state index is 6.45. The van der Waals surface area contributed by atoms with Gasteiger partial charge in [0, 0.05) is 36.5 Å². The van der Waals surface area contributed by atoms with Crippen molar-refractivity contribution in [2.75, 3.05) is 19.8 Å². The molecular weight excluding hydrogens is 382 g/mol. The second-order valence-corrected chi connectivity index (χ2v) is 9.84. The number of aromatic nitrogens is 2. The van der Waals surface area contributed by atoms with Crippen LogP contribution in [0.5, 0.6) is 0 Å². The Kier molecular flexibility index (Phi) is 4.81. The van der Waals surface area contributed by atoms with Crippen LogP contribution < -0.4 is 5.32 Å². The molecule has 3 aliphatic rings. The van der Waals surface area contributed by atoms with Crippen molar-refractivity contribution in [2.45, 2.75) is 62.6 Å². The number of rotatable bonds is 2. The smallest absolute Gasteiger partial charge is 0.106 e. The van der Waals surface area contributed by atoms with Crippen LogP contribution in [0.1, 0.15) is 66.4 Å². The first-order chi connectivity index (χ1) is 13.1. The minimum absolute atomic E-state index is 0.210. The van der Waals surface area contributed by atoms with E-state index >= 15 is 0 Å². The molecule has 27 heavy (non-hydrogen) atoms. The third-order valence-electron chi connectivity index (χ3n) is 6.23. The molecule has 0 amide bonds. The normalized spacial score (nSPS) is 31.9. The van der Waals surface area contributed by atoms with Crippen molar-refractivity contribution in [2.24, 2.45) is 0 Å². The van der Waals surface area contributed by atoms with Crippen molar-refractivity contribution in [3.05, 3.63) is 38.3 Å². The highest BCUT2D eigenvalue weighted by atomic mass is 35.5. The Morgan fingerprint density at radius 2 is 2.07 bits per heavy atom.